The first-order valence-corrected chi connectivity index (χ1v) is 6.19. The minimum Gasteiger partial charge on any atom is -0.316 e. The molecule has 0 spiro atoms. The van der Waals surface area contributed by atoms with Gasteiger partial charge in [0.25, 0.3) is 0 Å². The standard InChI is InChI=1S/C11H21NS/c1-4-6-7-8-11(12-3)10-13-9-5-2/h1,11-12H,5-10H2,2-3H3. The molecule has 1 N–H and O–H groups in total. The van der Waals surface area contributed by atoms with Gasteiger partial charge in [0.2, 0.25) is 0 Å². The molecular formula is C11H21NS. The fraction of sp³-hybridized carbons (Fsp3) is 0.818. The molecule has 2 heteroatoms. The van der Waals surface area contributed by atoms with E-state index >= 15 is 0 Å². The first-order valence-electron chi connectivity index (χ1n) is 5.03. The second-order valence-corrected chi connectivity index (χ2v) is 4.31. The van der Waals surface area contributed by atoms with Crippen molar-refractivity contribution < 1.29 is 0 Å². The summed E-state index contributed by atoms with van der Waals surface area (Å²) in [5.41, 5.74) is 0. The van der Waals surface area contributed by atoms with Crippen LogP contribution in [0.1, 0.15) is 32.6 Å². The smallest absolute Gasteiger partial charge is 0.0155 e. The van der Waals surface area contributed by atoms with Gasteiger partial charge >= 0.3 is 0 Å². The molecule has 1 unspecified atom stereocenters. The summed E-state index contributed by atoms with van der Waals surface area (Å²) in [4.78, 5) is 0. The van der Waals surface area contributed by atoms with Gasteiger partial charge in [0, 0.05) is 18.2 Å². The maximum atomic E-state index is 5.20. The van der Waals surface area contributed by atoms with Crippen molar-refractivity contribution in [2.45, 2.75) is 38.6 Å². The Morgan fingerprint density at radius 2 is 2.31 bits per heavy atom. The number of rotatable bonds is 8. The highest BCUT2D eigenvalue weighted by Gasteiger charge is 2.04. The zero-order valence-corrected chi connectivity index (χ0v) is 9.62. The summed E-state index contributed by atoms with van der Waals surface area (Å²) in [5, 5.41) is 3.33. The zero-order valence-electron chi connectivity index (χ0n) is 8.81. The predicted molar refractivity (Wildman–Crippen MR) is 63.1 cm³/mol. The first kappa shape index (κ1) is 12.9. The normalized spacial score (nSPS) is 12.4. The van der Waals surface area contributed by atoms with Gasteiger partial charge in [-0.05, 0) is 32.1 Å². The molecular weight excluding hydrogens is 178 g/mol. The molecule has 0 fully saturated rings. The topological polar surface area (TPSA) is 12.0 Å². The zero-order chi connectivity index (χ0) is 9.94. The molecule has 0 aliphatic carbocycles. The Morgan fingerprint density at radius 1 is 1.54 bits per heavy atom. The van der Waals surface area contributed by atoms with E-state index in [0.717, 1.165) is 12.8 Å². The molecule has 1 atom stereocenters. The Hall–Kier alpha value is -0.130. The Balaban J connectivity index is 3.35. The lowest BCUT2D eigenvalue weighted by Crippen LogP contribution is -2.27. The van der Waals surface area contributed by atoms with E-state index in [1.807, 2.05) is 18.8 Å². The van der Waals surface area contributed by atoms with E-state index in [4.69, 9.17) is 6.42 Å². The summed E-state index contributed by atoms with van der Waals surface area (Å²) in [6.45, 7) is 2.22. The molecule has 0 radical (unpaired) electrons. The van der Waals surface area contributed by atoms with E-state index in [0.29, 0.717) is 6.04 Å². The largest absolute Gasteiger partial charge is 0.316 e. The van der Waals surface area contributed by atoms with Gasteiger partial charge in [0.05, 0.1) is 0 Å². The minimum absolute atomic E-state index is 0.643. The molecule has 0 aliphatic heterocycles. The van der Waals surface area contributed by atoms with Crippen molar-refractivity contribution in [3.63, 3.8) is 0 Å². The van der Waals surface area contributed by atoms with Crippen molar-refractivity contribution in [1.82, 2.24) is 5.32 Å². The maximum absolute atomic E-state index is 5.20. The number of nitrogens with one attached hydrogen (secondary N) is 1. The third-order valence-corrected chi connectivity index (χ3v) is 3.28. The second-order valence-electron chi connectivity index (χ2n) is 3.16. The Kier molecular flexibility index (Phi) is 9.85. The summed E-state index contributed by atoms with van der Waals surface area (Å²) < 4.78 is 0. The van der Waals surface area contributed by atoms with Crippen LogP contribution in [-0.4, -0.2) is 24.6 Å². The summed E-state index contributed by atoms with van der Waals surface area (Å²) in [7, 11) is 2.03. The van der Waals surface area contributed by atoms with E-state index in [-0.39, 0.29) is 0 Å². The Labute approximate surface area is 87.1 Å². The molecule has 0 amide bonds. The van der Waals surface area contributed by atoms with Crippen LogP contribution in [0, 0.1) is 12.3 Å². The molecule has 0 saturated heterocycles. The van der Waals surface area contributed by atoms with Crippen molar-refractivity contribution in [3.8, 4) is 12.3 Å². The molecule has 0 saturated carbocycles. The van der Waals surface area contributed by atoms with Gasteiger partial charge in [-0.15, -0.1) is 12.3 Å². The van der Waals surface area contributed by atoms with Gasteiger partial charge in [0.15, 0.2) is 0 Å². The summed E-state index contributed by atoms with van der Waals surface area (Å²) in [6, 6.07) is 0.643. The third-order valence-electron chi connectivity index (χ3n) is 1.95. The number of thioether (sulfide) groups is 1. The first-order chi connectivity index (χ1) is 6.35. The van der Waals surface area contributed by atoms with Crippen LogP contribution in [0.5, 0.6) is 0 Å². The lowest BCUT2D eigenvalue weighted by Gasteiger charge is -2.14. The van der Waals surface area contributed by atoms with Gasteiger partial charge in [-0.25, -0.2) is 0 Å². The molecule has 0 aliphatic rings. The van der Waals surface area contributed by atoms with Crippen molar-refractivity contribution in [3.05, 3.63) is 0 Å². The van der Waals surface area contributed by atoms with Gasteiger partial charge in [-0.1, -0.05) is 6.92 Å². The summed E-state index contributed by atoms with van der Waals surface area (Å²) in [5.74, 6) is 5.17. The fourth-order valence-electron chi connectivity index (χ4n) is 1.13. The van der Waals surface area contributed by atoms with Crippen LogP contribution in [0.2, 0.25) is 0 Å². The number of hydrogen-bond donors (Lipinski definition) is 1. The van der Waals surface area contributed by atoms with Gasteiger partial charge < -0.3 is 5.32 Å². The van der Waals surface area contributed by atoms with E-state index in [1.54, 1.807) is 0 Å². The molecule has 0 aromatic heterocycles. The monoisotopic (exact) mass is 199 g/mol. The predicted octanol–water partition coefficient (Wildman–Crippen LogP) is 2.52. The lowest BCUT2D eigenvalue weighted by molar-refractivity contribution is 0.554. The molecule has 0 heterocycles. The highest BCUT2D eigenvalue weighted by Crippen LogP contribution is 2.09. The summed E-state index contributed by atoms with van der Waals surface area (Å²) in [6.07, 6.45) is 9.74. The number of unbranched alkanes of at least 4 members (excludes halogenated alkanes) is 1. The molecule has 1 nitrogen and oxygen atoms in total. The van der Waals surface area contributed by atoms with Crippen molar-refractivity contribution in [2.24, 2.45) is 0 Å². The van der Waals surface area contributed by atoms with Crippen molar-refractivity contribution in [2.75, 3.05) is 18.6 Å². The van der Waals surface area contributed by atoms with Crippen LogP contribution in [-0.2, 0) is 0 Å². The van der Waals surface area contributed by atoms with Gasteiger partial charge in [0.1, 0.15) is 0 Å². The molecule has 0 rings (SSSR count). The number of terminal acetylenes is 1. The van der Waals surface area contributed by atoms with Crippen molar-refractivity contribution >= 4 is 11.8 Å². The number of hydrogen-bond acceptors (Lipinski definition) is 2. The van der Waals surface area contributed by atoms with Crippen LogP contribution in [0.25, 0.3) is 0 Å². The Morgan fingerprint density at radius 3 is 2.85 bits per heavy atom. The quantitative estimate of drug-likeness (QED) is 0.476. The third kappa shape index (κ3) is 8.21. The Bertz CT molecular complexity index is 140. The van der Waals surface area contributed by atoms with Gasteiger partial charge in [-0.3, -0.25) is 0 Å². The van der Waals surface area contributed by atoms with E-state index < -0.39 is 0 Å². The van der Waals surface area contributed by atoms with Crippen LogP contribution in [0.15, 0.2) is 0 Å². The van der Waals surface area contributed by atoms with Crippen LogP contribution < -0.4 is 5.32 Å². The fourth-order valence-corrected chi connectivity index (χ4v) is 2.20. The van der Waals surface area contributed by atoms with E-state index in [9.17, 15) is 0 Å². The van der Waals surface area contributed by atoms with Crippen LogP contribution >= 0.6 is 11.8 Å². The average Bonchev–Trinajstić information content (AvgIpc) is 2.16. The van der Waals surface area contributed by atoms with Crippen LogP contribution in [0.3, 0.4) is 0 Å². The highest BCUT2D eigenvalue weighted by molar-refractivity contribution is 7.99. The highest BCUT2D eigenvalue weighted by atomic mass is 32.2. The molecule has 0 aromatic rings. The molecule has 0 aromatic carbocycles. The summed E-state index contributed by atoms with van der Waals surface area (Å²) >= 11 is 2.03. The van der Waals surface area contributed by atoms with Crippen molar-refractivity contribution in [1.29, 1.82) is 0 Å². The minimum atomic E-state index is 0.643. The van der Waals surface area contributed by atoms with Crippen LogP contribution in [0.4, 0.5) is 0 Å². The molecule has 76 valence electrons. The van der Waals surface area contributed by atoms with E-state index in [1.165, 1.54) is 24.3 Å². The SMILES string of the molecule is C#CCCCC(CSCCC)NC. The lowest BCUT2D eigenvalue weighted by atomic mass is 10.1. The molecule has 0 bridgehead atoms. The van der Waals surface area contributed by atoms with E-state index in [2.05, 4.69) is 18.2 Å². The average molecular weight is 199 g/mol. The molecule has 13 heavy (non-hydrogen) atoms. The van der Waals surface area contributed by atoms with Gasteiger partial charge in [-0.2, -0.15) is 11.8 Å². The maximum Gasteiger partial charge on any atom is 0.0155 e. The second kappa shape index (κ2) is 9.95.